The van der Waals surface area contributed by atoms with E-state index in [4.69, 9.17) is 5.73 Å². The van der Waals surface area contributed by atoms with Crippen molar-refractivity contribution in [1.29, 1.82) is 0 Å². The molecule has 1 aliphatic carbocycles. The van der Waals surface area contributed by atoms with Crippen LogP contribution in [0.1, 0.15) is 22.5 Å². The van der Waals surface area contributed by atoms with Crippen LogP contribution in [0.25, 0.3) is 10.2 Å². The van der Waals surface area contributed by atoms with Gasteiger partial charge in [-0.1, -0.05) is 0 Å². The topological polar surface area (TPSA) is 101 Å². The van der Waals surface area contributed by atoms with Gasteiger partial charge in [-0.3, -0.25) is 4.79 Å². The minimum Gasteiger partial charge on any atom is -0.397 e. The summed E-state index contributed by atoms with van der Waals surface area (Å²) in [6.45, 7) is 0. The fourth-order valence-electron chi connectivity index (χ4n) is 2.00. The van der Waals surface area contributed by atoms with Crippen molar-refractivity contribution in [3.8, 4) is 0 Å². The van der Waals surface area contributed by atoms with Gasteiger partial charge in [0.2, 0.25) is 0 Å². The number of rotatable bonds is 2. The van der Waals surface area contributed by atoms with Crippen molar-refractivity contribution in [3.05, 3.63) is 17.1 Å². The van der Waals surface area contributed by atoms with Crippen LogP contribution in [0.3, 0.4) is 0 Å². The largest absolute Gasteiger partial charge is 0.397 e. The van der Waals surface area contributed by atoms with Crippen LogP contribution in [-0.4, -0.2) is 33.4 Å². The molecule has 1 aliphatic rings. The van der Waals surface area contributed by atoms with E-state index in [9.17, 15) is 9.90 Å². The van der Waals surface area contributed by atoms with Crippen molar-refractivity contribution < 1.29 is 9.90 Å². The van der Waals surface area contributed by atoms with E-state index in [1.54, 1.807) is 12.3 Å². The van der Waals surface area contributed by atoms with Crippen molar-refractivity contribution in [2.45, 2.75) is 25.0 Å². The Balaban J connectivity index is 1.85. The van der Waals surface area contributed by atoms with Crippen molar-refractivity contribution in [2.24, 2.45) is 0 Å². The number of carbonyl (C=O) groups excluding carboxylic acids is 1. The van der Waals surface area contributed by atoms with Crippen LogP contribution in [0.15, 0.2) is 12.3 Å². The van der Waals surface area contributed by atoms with Gasteiger partial charge in [0.05, 0.1) is 18.0 Å². The fourth-order valence-corrected chi connectivity index (χ4v) is 2.94. The van der Waals surface area contributed by atoms with E-state index >= 15 is 0 Å². The average molecular weight is 264 g/mol. The molecule has 2 aromatic rings. The number of hydrogen-bond acceptors (Lipinski definition) is 6. The maximum Gasteiger partial charge on any atom is 0.263 e. The number of fused-ring (bicyclic) bond motifs is 1. The third-order valence-corrected chi connectivity index (χ3v) is 4.18. The molecule has 1 fully saturated rings. The second kappa shape index (κ2) is 4.18. The maximum atomic E-state index is 12.0. The van der Waals surface area contributed by atoms with Crippen LogP contribution in [0, 0.1) is 0 Å². The van der Waals surface area contributed by atoms with Crippen LogP contribution in [-0.2, 0) is 0 Å². The molecule has 0 spiro atoms. The Morgan fingerprint density at radius 2 is 2.33 bits per heavy atom. The van der Waals surface area contributed by atoms with Gasteiger partial charge in [-0.2, -0.15) is 5.10 Å². The number of nitrogen functional groups attached to an aromatic ring is 1. The Morgan fingerprint density at radius 1 is 1.56 bits per heavy atom. The Bertz CT molecular complexity index is 606. The summed E-state index contributed by atoms with van der Waals surface area (Å²) < 4.78 is 0. The number of aliphatic hydroxyl groups is 1. The van der Waals surface area contributed by atoms with Gasteiger partial charge in [-0.25, -0.2) is 0 Å². The van der Waals surface area contributed by atoms with Crippen LogP contribution >= 0.6 is 11.3 Å². The lowest BCUT2D eigenvalue weighted by molar-refractivity contribution is 0.0565. The zero-order chi connectivity index (χ0) is 12.7. The van der Waals surface area contributed by atoms with E-state index in [0.29, 0.717) is 28.2 Å². The molecule has 7 heteroatoms. The minimum atomic E-state index is -0.291. The van der Waals surface area contributed by atoms with Crippen LogP contribution in [0.5, 0.6) is 0 Å². The van der Waals surface area contributed by atoms with Gasteiger partial charge in [0.15, 0.2) is 0 Å². The highest BCUT2D eigenvalue weighted by Gasteiger charge is 2.29. The Morgan fingerprint density at radius 3 is 3.00 bits per heavy atom. The molecule has 94 valence electrons. The number of anilines is 1. The molecule has 4 N–H and O–H groups in total. The van der Waals surface area contributed by atoms with Crippen molar-refractivity contribution >= 4 is 33.1 Å². The minimum absolute atomic E-state index is 0.0446. The van der Waals surface area contributed by atoms with Crippen molar-refractivity contribution in [1.82, 2.24) is 15.5 Å². The predicted molar refractivity (Wildman–Crippen MR) is 68.3 cm³/mol. The summed E-state index contributed by atoms with van der Waals surface area (Å²) in [5.41, 5.74) is 6.38. The first-order valence-electron chi connectivity index (χ1n) is 5.63. The molecular formula is C11H12N4O2S. The molecule has 0 saturated heterocycles. The number of nitrogens with two attached hydrogens (primary N) is 1. The standard InChI is InChI=1S/C11H12N4O2S/c12-8-7-1-2-13-15-11(7)18-9(8)10(17)14-5-3-6(16)4-5/h1-2,5-6,16H,3-4,12H2,(H,14,17). The molecule has 0 atom stereocenters. The first kappa shape index (κ1) is 11.4. The number of hydrogen-bond donors (Lipinski definition) is 3. The molecule has 2 heterocycles. The highest BCUT2D eigenvalue weighted by molar-refractivity contribution is 7.21. The van der Waals surface area contributed by atoms with E-state index in [1.165, 1.54) is 11.3 Å². The van der Waals surface area contributed by atoms with Gasteiger partial charge in [0, 0.05) is 11.4 Å². The van der Waals surface area contributed by atoms with E-state index in [2.05, 4.69) is 15.5 Å². The third kappa shape index (κ3) is 1.81. The van der Waals surface area contributed by atoms with E-state index in [-0.39, 0.29) is 18.1 Å². The average Bonchev–Trinajstić information content (AvgIpc) is 2.66. The summed E-state index contributed by atoms with van der Waals surface area (Å²) >= 11 is 1.24. The molecule has 0 radical (unpaired) electrons. The molecule has 0 aromatic carbocycles. The normalized spacial score (nSPS) is 22.7. The summed E-state index contributed by atoms with van der Waals surface area (Å²) in [6.07, 6.45) is 2.48. The molecule has 0 unspecified atom stereocenters. The highest BCUT2D eigenvalue weighted by atomic mass is 32.1. The first-order chi connectivity index (χ1) is 8.65. The summed E-state index contributed by atoms with van der Waals surface area (Å²) in [5, 5.41) is 20.5. The van der Waals surface area contributed by atoms with Crippen molar-refractivity contribution in [2.75, 3.05) is 5.73 Å². The summed E-state index contributed by atoms with van der Waals surface area (Å²) in [7, 11) is 0. The van der Waals surface area contributed by atoms with Gasteiger partial charge < -0.3 is 16.2 Å². The molecule has 0 aliphatic heterocycles. The smallest absolute Gasteiger partial charge is 0.263 e. The van der Waals surface area contributed by atoms with Gasteiger partial charge in [-0.05, 0) is 18.9 Å². The summed E-state index contributed by atoms with van der Waals surface area (Å²) in [5.74, 6) is -0.201. The lowest BCUT2D eigenvalue weighted by Crippen LogP contribution is -2.46. The number of carbonyl (C=O) groups is 1. The Labute approximate surface area is 107 Å². The second-order valence-electron chi connectivity index (χ2n) is 4.39. The van der Waals surface area contributed by atoms with Crippen LogP contribution < -0.4 is 11.1 Å². The van der Waals surface area contributed by atoms with Crippen molar-refractivity contribution in [3.63, 3.8) is 0 Å². The summed E-state index contributed by atoms with van der Waals surface area (Å²) in [4.78, 5) is 13.2. The summed E-state index contributed by atoms with van der Waals surface area (Å²) in [6, 6.07) is 1.79. The van der Waals surface area contributed by atoms with E-state index in [0.717, 1.165) is 5.39 Å². The first-order valence-corrected chi connectivity index (χ1v) is 6.45. The maximum absolute atomic E-state index is 12.0. The quantitative estimate of drug-likeness (QED) is 0.734. The number of amides is 1. The lowest BCUT2D eigenvalue weighted by atomic mass is 9.89. The number of nitrogens with zero attached hydrogens (tertiary/aromatic N) is 2. The molecule has 1 amide bonds. The number of aliphatic hydroxyl groups excluding tert-OH is 1. The predicted octanol–water partition coefficient (Wildman–Crippen LogP) is 0.527. The molecule has 3 rings (SSSR count). The van der Waals surface area contributed by atoms with E-state index in [1.807, 2.05) is 0 Å². The zero-order valence-electron chi connectivity index (χ0n) is 9.46. The second-order valence-corrected chi connectivity index (χ2v) is 5.39. The van der Waals surface area contributed by atoms with Gasteiger partial charge in [0.25, 0.3) is 5.91 Å². The van der Waals surface area contributed by atoms with Gasteiger partial charge in [0.1, 0.15) is 9.71 Å². The SMILES string of the molecule is Nc1c(C(=O)NC2CC(O)C2)sc2nnccc12. The Hall–Kier alpha value is -1.73. The number of thiophene rings is 1. The monoisotopic (exact) mass is 264 g/mol. The molecule has 6 nitrogen and oxygen atoms in total. The fraction of sp³-hybridized carbons (Fsp3) is 0.364. The molecule has 0 bridgehead atoms. The molecular weight excluding hydrogens is 252 g/mol. The molecule has 1 saturated carbocycles. The van der Waals surface area contributed by atoms with Crippen LogP contribution in [0.2, 0.25) is 0 Å². The van der Waals surface area contributed by atoms with E-state index < -0.39 is 0 Å². The van der Waals surface area contributed by atoms with Gasteiger partial charge in [-0.15, -0.1) is 16.4 Å². The zero-order valence-corrected chi connectivity index (χ0v) is 10.3. The lowest BCUT2D eigenvalue weighted by Gasteiger charge is -2.31. The highest BCUT2D eigenvalue weighted by Crippen LogP contribution is 2.32. The Kier molecular flexibility index (Phi) is 2.64. The van der Waals surface area contributed by atoms with Crippen LogP contribution in [0.4, 0.5) is 5.69 Å². The molecule has 2 aromatic heterocycles. The number of nitrogens with one attached hydrogen (secondary N) is 1. The number of aromatic nitrogens is 2. The third-order valence-electron chi connectivity index (χ3n) is 3.08. The van der Waals surface area contributed by atoms with Gasteiger partial charge >= 0.3 is 0 Å². The molecule has 18 heavy (non-hydrogen) atoms.